The Morgan fingerprint density at radius 1 is 1.50 bits per heavy atom. The van der Waals surface area contributed by atoms with Gasteiger partial charge in [0, 0.05) is 0 Å². The van der Waals surface area contributed by atoms with E-state index in [1.807, 2.05) is 26.8 Å². The van der Waals surface area contributed by atoms with Crippen LogP contribution in [-0.4, -0.2) is 11.7 Å². The maximum Gasteiger partial charge on any atom is 0.137 e. The second-order valence-electron chi connectivity index (χ2n) is 3.71. The first-order valence-electron chi connectivity index (χ1n) is 4.67. The number of aromatic hydroxyl groups is 1. The number of aryl methyl sites for hydroxylation is 1. The smallest absolute Gasteiger partial charge is 0.137 e. The normalized spacial score (nSPS) is 12.9. The Balaban J connectivity index is 3.33. The van der Waals surface area contributed by atoms with Gasteiger partial charge in [0.2, 0.25) is 0 Å². The Morgan fingerprint density at radius 2 is 2.07 bits per heavy atom. The third-order valence-electron chi connectivity index (χ3n) is 2.60. The van der Waals surface area contributed by atoms with Crippen LogP contribution in [0.5, 0.6) is 5.75 Å². The number of benzene rings is 1. The average molecular weight is 214 g/mol. The lowest BCUT2D eigenvalue weighted by Crippen LogP contribution is -2.10. The van der Waals surface area contributed by atoms with Crippen LogP contribution in [0.2, 0.25) is 5.02 Å². The van der Waals surface area contributed by atoms with Crippen LogP contribution in [0, 0.1) is 13.8 Å². The maximum atomic E-state index is 9.74. The fraction of sp³-hybridized carbons (Fsp3) is 0.455. The highest BCUT2D eigenvalue weighted by Crippen LogP contribution is 2.35. The van der Waals surface area contributed by atoms with Gasteiger partial charge in [0.15, 0.2) is 0 Å². The van der Waals surface area contributed by atoms with Gasteiger partial charge in [0.1, 0.15) is 5.75 Å². The molecule has 3 N–H and O–H groups in total. The minimum absolute atomic E-state index is 0.182. The Morgan fingerprint density at radius 3 is 2.57 bits per heavy atom. The predicted octanol–water partition coefficient (Wildman–Crippen LogP) is 2.72. The number of phenols is 1. The second kappa shape index (κ2) is 4.20. The highest BCUT2D eigenvalue weighted by Gasteiger charge is 2.14. The number of hydrogen-bond acceptors (Lipinski definition) is 2. The molecule has 78 valence electrons. The summed E-state index contributed by atoms with van der Waals surface area (Å²) in [5.74, 6) is 0.429. The van der Waals surface area contributed by atoms with E-state index in [0.29, 0.717) is 11.6 Å². The minimum atomic E-state index is 0.182. The predicted molar refractivity (Wildman–Crippen MR) is 60.1 cm³/mol. The molecule has 1 aromatic carbocycles. The quantitative estimate of drug-likeness (QED) is 0.794. The van der Waals surface area contributed by atoms with Gasteiger partial charge in [-0.1, -0.05) is 24.6 Å². The van der Waals surface area contributed by atoms with Crippen molar-refractivity contribution >= 4 is 11.6 Å². The van der Waals surface area contributed by atoms with Crippen LogP contribution in [-0.2, 0) is 0 Å². The zero-order chi connectivity index (χ0) is 10.9. The molecule has 1 atom stereocenters. The lowest BCUT2D eigenvalue weighted by atomic mass is 9.94. The molecule has 0 bridgehead atoms. The van der Waals surface area contributed by atoms with Crippen LogP contribution in [0.3, 0.4) is 0 Å². The summed E-state index contributed by atoms with van der Waals surface area (Å²) in [6, 6.07) is 1.99. The molecule has 1 unspecified atom stereocenters. The number of rotatable bonds is 2. The largest absolute Gasteiger partial charge is 0.506 e. The van der Waals surface area contributed by atoms with Gasteiger partial charge in [-0.25, -0.2) is 0 Å². The van der Waals surface area contributed by atoms with Gasteiger partial charge in [0.25, 0.3) is 0 Å². The molecule has 14 heavy (non-hydrogen) atoms. The maximum absolute atomic E-state index is 9.74. The lowest BCUT2D eigenvalue weighted by molar-refractivity contribution is 0.469. The number of phenolic OH excluding ortho intramolecular Hbond substituents is 1. The lowest BCUT2D eigenvalue weighted by Gasteiger charge is -2.16. The molecule has 1 rings (SSSR count). The molecule has 0 radical (unpaired) electrons. The standard InChI is InChI=1S/C11H16ClNO/c1-6-4-9(7(2)5-13)8(3)11(14)10(6)12/h4,7,14H,5,13H2,1-3H3. The van der Waals surface area contributed by atoms with E-state index in [2.05, 4.69) is 0 Å². The van der Waals surface area contributed by atoms with Crippen molar-refractivity contribution in [2.45, 2.75) is 26.7 Å². The molecule has 0 fully saturated rings. The molecular weight excluding hydrogens is 198 g/mol. The van der Waals surface area contributed by atoms with E-state index < -0.39 is 0 Å². The monoisotopic (exact) mass is 213 g/mol. The van der Waals surface area contributed by atoms with Crippen LogP contribution < -0.4 is 5.73 Å². The number of nitrogens with two attached hydrogens (primary N) is 1. The average Bonchev–Trinajstić information content (AvgIpc) is 2.19. The van der Waals surface area contributed by atoms with E-state index in [0.717, 1.165) is 16.7 Å². The highest BCUT2D eigenvalue weighted by atomic mass is 35.5. The van der Waals surface area contributed by atoms with E-state index in [1.54, 1.807) is 0 Å². The number of hydrogen-bond donors (Lipinski definition) is 2. The molecule has 0 aliphatic carbocycles. The molecule has 0 heterocycles. The molecule has 0 aliphatic heterocycles. The van der Waals surface area contributed by atoms with E-state index in [4.69, 9.17) is 17.3 Å². The van der Waals surface area contributed by atoms with E-state index in [1.165, 1.54) is 0 Å². The van der Waals surface area contributed by atoms with Crippen LogP contribution in [0.1, 0.15) is 29.5 Å². The molecule has 1 aromatic rings. The molecule has 0 amide bonds. The minimum Gasteiger partial charge on any atom is -0.506 e. The van der Waals surface area contributed by atoms with Gasteiger partial charge in [-0.05, 0) is 43.0 Å². The first-order chi connectivity index (χ1) is 6.49. The zero-order valence-electron chi connectivity index (χ0n) is 8.76. The Hall–Kier alpha value is -0.730. The Bertz CT molecular complexity index is 350. The SMILES string of the molecule is Cc1cc(C(C)CN)c(C)c(O)c1Cl. The van der Waals surface area contributed by atoms with Crippen molar-refractivity contribution in [1.29, 1.82) is 0 Å². The molecule has 0 aromatic heterocycles. The fourth-order valence-corrected chi connectivity index (χ4v) is 1.73. The summed E-state index contributed by atoms with van der Waals surface area (Å²) < 4.78 is 0. The highest BCUT2D eigenvalue weighted by molar-refractivity contribution is 6.32. The van der Waals surface area contributed by atoms with Gasteiger partial charge in [0.05, 0.1) is 5.02 Å². The van der Waals surface area contributed by atoms with E-state index in [-0.39, 0.29) is 11.7 Å². The van der Waals surface area contributed by atoms with Crippen molar-refractivity contribution in [3.05, 3.63) is 27.8 Å². The fourth-order valence-electron chi connectivity index (χ4n) is 1.53. The summed E-state index contributed by atoms with van der Waals surface area (Å²) in [5, 5.41) is 10.2. The van der Waals surface area contributed by atoms with Crippen LogP contribution in [0.25, 0.3) is 0 Å². The van der Waals surface area contributed by atoms with Crippen LogP contribution >= 0.6 is 11.6 Å². The molecule has 0 aliphatic rings. The third-order valence-corrected chi connectivity index (χ3v) is 3.08. The van der Waals surface area contributed by atoms with Crippen molar-refractivity contribution in [2.75, 3.05) is 6.54 Å². The summed E-state index contributed by atoms with van der Waals surface area (Å²) in [6.45, 7) is 6.35. The number of halogens is 1. The molecule has 0 saturated carbocycles. The van der Waals surface area contributed by atoms with Crippen LogP contribution in [0.4, 0.5) is 0 Å². The summed E-state index contributed by atoms with van der Waals surface area (Å²) >= 11 is 5.92. The molecule has 0 spiro atoms. The molecule has 0 saturated heterocycles. The van der Waals surface area contributed by atoms with Gasteiger partial charge in [-0.2, -0.15) is 0 Å². The van der Waals surface area contributed by atoms with Crippen LogP contribution in [0.15, 0.2) is 6.07 Å². The summed E-state index contributed by atoms with van der Waals surface area (Å²) in [4.78, 5) is 0. The first kappa shape index (κ1) is 11.3. The van der Waals surface area contributed by atoms with Crippen molar-refractivity contribution < 1.29 is 5.11 Å². The molecule has 3 heteroatoms. The Kier molecular flexibility index (Phi) is 3.40. The van der Waals surface area contributed by atoms with E-state index in [9.17, 15) is 5.11 Å². The zero-order valence-corrected chi connectivity index (χ0v) is 9.52. The third kappa shape index (κ3) is 1.86. The first-order valence-corrected chi connectivity index (χ1v) is 5.05. The van der Waals surface area contributed by atoms with Gasteiger partial charge < -0.3 is 10.8 Å². The van der Waals surface area contributed by atoms with Gasteiger partial charge in [-0.3, -0.25) is 0 Å². The second-order valence-corrected chi connectivity index (χ2v) is 4.08. The Labute approximate surface area is 89.7 Å². The topological polar surface area (TPSA) is 46.2 Å². The van der Waals surface area contributed by atoms with Crippen molar-refractivity contribution in [1.82, 2.24) is 0 Å². The molecular formula is C11H16ClNO. The summed E-state index contributed by atoms with van der Waals surface area (Å²) in [6.07, 6.45) is 0. The van der Waals surface area contributed by atoms with Gasteiger partial charge >= 0.3 is 0 Å². The van der Waals surface area contributed by atoms with Gasteiger partial charge in [-0.15, -0.1) is 0 Å². The molecule has 2 nitrogen and oxygen atoms in total. The van der Waals surface area contributed by atoms with Crippen molar-refractivity contribution in [3.63, 3.8) is 0 Å². The van der Waals surface area contributed by atoms with Crippen molar-refractivity contribution in [3.8, 4) is 5.75 Å². The summed E-state index contributed by atoms with van der Waals surface area (Å²) in [5.41, 5.74) is 8.40. The summed E-state index contributed by atoms with van der Waals surface area (Å²) in [7, 11) is 0. The van der Waals surface area contributed by atoms with E-state index >= 15 is 0 Å². The van der Waals surface area contributed by atoms with Crippen molar-refractivity contribution in [2.24, 2.45) is 5.73 Å².